The predicted octanol–water partition coefficient (Wildman–Crippen LogP) is 2.56. The van der Waals surface area contributed by atoms with Gasteiger partial charge in [-0.1, -0.05) is 44.2 Å². The van der Waals surface area contributed by atoms with Crippen LogP contribution in [0.4, 0.5) is 4.79 Å². The Labute approximate surface area is 162 Å². The molecule has 6 heteroatoms. The first-order valence-corrected chi connectivity index (χ1v) is 9.91. The van der Waals surface area contributed by atoms with E-state index in [0.29, 0.717) is 32.7 Å². The van der Waals surface area contributed by atoms with E-state index >= 15 is 0 Å². The Bertz CT molecular complexity index is 656. The lowest BCUT2D eigenvalue weighted by Gasteiger charge is -2.38. The number of nitrogens with zero attached hydrogens (tertiary/aromatic N) is 3. The SMILES string of the molecule is CCN(C)CC(=O)N1CCC2(CC1)CN(CC(C)c1ccccc1)C(=O)O2. The van der Waals surface area contributed by atoms with E-state index in [9.17, 15) is 9.59 Å². The van der Waals surface area contributed by atoms with Crippen molar-refractivity contribution in [3.8, 4) is 0 Å². The van der Waals surface area contributed by atoms with Gasteiger partial charge in [0.15, 0.2) is 0 Å². The fourth-order valence-electron chi connectivity index (χ4n) is 3.92. The lowest BCUT2D eigenvalue weighted by atomic mass is 9.91. The summed E-state index contributed by atoms with van der Waals surface area (Å²) in [5.74, 6) is 0.424. The highest BCUT2D eigenvalue weighted by atomic mass is 16.6. The van der Waals surface area contributed by atoms with Gasteiger partial charge in [0.05, 0.1) is 13.1 Å². The maximum atomic E-state index is 12.4. The molecule has 1 spiro atoms. The van der Waals surface area contributed by atoms with Crippen molar-refractivity contribution in [3.05, 3.63) is 35.9 Å². The number of hydrogen-bond donors (Lipinski definition) is 0. The van der Waals surface area contributed by atoms with Gasteiger partial charge in [-0.3, -0.25) is 9.69 Å². The van der Waals surface area contributed by atoms with E-state index in [1.165, 1.54) is 5.56 Å². The molecule has 2 saturated heterocycles. The van der Waals surface area contributed by atoms with Crippen LogP contribution in [0.25, 0.3) is 0 Å². The van der Waals surface area contributed by atoms with Gasteiger partial charge in [0.2, 0.25) is 5.91 Å². The quantitative estimate of drug-likeness (QED) is 0.769. The Balaban J connectivity index is 1.54. The summed E-state index contributed by atoms with van der Waals surface area (Å²) in [5.41, 5.74) is 0.799. The highest BCUT2D eigenvalue weighted by Crippen LogP contribution is 2.34. The molecule has 2 amide bonds. The molecule has 2 aliphatic heterocycles. The van der Waals surface area contributed by atoms with Gasteiger partial charge in [-0.25, -0.2) is 4.79 Å². The third-order valence-corrected chi connectivity index (χ3v) is 5.88. The minimum atomic E-state index is -0.430. The van der Waals surface area contributed by atoms with E-state index in [1.807, 2.05) is 46.9 Å². The van der Waals surface area contributed by atoms with E-state index < -0.39 is 5.60 Å². The maximum Gasteiger partial charge on any atom is 0.410 e. The zero-order valence-electron chi connectivity index (χ0n) is 16.7. The monoisotopic (exact) mass is 373 g/mol. The predicted molar refractivity (Wildman–Crippen MR) is 105 cm³/mol. The Hall–Kier alpha value is -2.08. The van der Waals surface area contributed by atoms with Crippen molar-refractivity contribution in [1.82, 2.24) is 14.7 Å². The number of likely N-dealkylation sites (N-methyl/N-ethyl adjacent to an activating group) is 1. The van der Waals surface area contributed by atoms with Gasteiger partial charge >= 0.3 is 6.09 Å². The molecule has 0 radical (unpaired) electrons. The number of piperidine rings is 1. The lowest BCUT2D eigenvalue weighted by molar-refractivity contribution is -0.135. The summed E-state index contributed by atoms with van der Waals surface area (Å²) in [6.07, 6.45) is 1.22. The van der Waals surface area contributed by atoms with Gasteiger partial charge in [0.1, 0.15) is 5.60 Å². The number of ether oxygens (including phenoxy) is 1. The van der Waals surface area contributed by atoms with Gasteiger partial charge in [0.25, 0.3) is 0 Å². The Kier molecular flexibility index (Phi) is 6.05. The fraction of sp³-hybridized carbons (Fsp3) is 0.619. The van der Waals surface area contributed by atoms with Crippen molar-refractivity contribution in [1.29, 1.82) is 0 Å². The molecule has 0 bridgehead atoms. The van der Waals surface area contributed by atoms with E-state index in [2.05, 4.69) is 19.1 Å². The summed E-state index contributed by atoms with van der Waals surface area (Å²) in [6, 6.07) is 10.2. The number of carbonyl (C=O) groups excluding carboxylic acids is 2. The van der Waals surface area contributed by atoms with Gasteiger partial charge in [-0.05, 0) is 25.1 Å². The maximum absolute atomic E-state index is 12.4. The highest BCUT2D eigenvalue weighted by molar-refractivity contribution is 5.78. The van der Waals surface area contributed by atoms with Crippen LogP contribution in [0.5, 0.6) is 0 Å². The average molecular weight is 373 g/mol. The van der Waals surface area contributed by atoms with Crippen molar-refractivity contribution in [2.75, 3.05) is 46.3 Å². The molecule has 148 valence electrons. The molecule has 27 heavy (non-hydrogen) atoms. The standard InChI is InChI=1S/C21H31N3O3/c1-4-22(3)15-19(25)23-12-10-21(11-13-23)16-24(20(26)27-21)14-17(2)18-8-6-5-7-9-18/h5-9,17H,4,10-16H2,1-3H3. The zero-order valence-corrected chi connectivity index (χ0v) is 16.7. The smallest absolute Gasteiger partial charge is 0.410 e. The molecule has 0 aliphatic carbocycles. The van der Waals surface area contributed by atoms with E-state index in [0.717, 1.165) is 19.4 Å². The van der Waals surface area contributed by atoms with Crippen molar-refractivity contribution < 1.29 is 14.3 Å². The molecule has 3 rings (SSSR count). The largest absolute Gasteiger partial charge is 0.441 e. The summed E-state index contributed by atoms with van der Waals surface area (Å²) < 4.78 is 5.81. The first-order chi connectivity index (χ1) is 12.9. The Morgan fingerprint density at radius 3 is 2.56 bits per heavy atom. The second-order valence-corrected chi connectivity index (χ2v) is 7.95. The second-order valence-electron chi connectivity index (χ2n) is 7.95. The van der Waals surface area contributed by atoms with Crippen LogP contribution in [-0.4, -0.2) is 78.6 Å². The molecule has 0 saturated carbocycles. The molecular weight excluding hydrogens is 342 g/mol. The normalized spacial score (nSPS) is 20.2. The van der Waals surface area contributed by atoms with Crippen LogP contribution in [0.15, 0.2) is 30.3 Å². The molecule has 0 N–H and O–H groups in total. The van der Waals surface area contributed by atoms with Crippen LogP contribution in [-0.2, 0) is 9.53 Å². The van der Waals surface area contributed by atoms with Crippen molar-refractivity contribution in [2.45, 2.75) is 38.2 Å². The molecule has 2 fully saturated rings. The summed E-state index contributed by atoms with van der Waals surface area (Å²) in [5, 5.41) is 0. The number of amides is 2. The molecule has 1 aromatic rings. The second kappa shape index (κ2) is 8.30. The fourth-order valence-corrected chi connectivity index (χ4v) is 3.92. The van der Waals surface area contributed by atoms with Gasteiger partial charge in [-0.2, -0.15) is 0 Å². The number of rotatable bonds is 6. The molecule has 2 heterocycles. The van der Waals surface area contributed by atoms with Crippen molar-refractivity contribution in [3.63, 3.8) is 0 Å². The molecule has 1 aromatic carbocycles. The van der Waals surface area contributed by atoms with E-state index in [4.69, 9.17) is 4.74 Å². The van der Waals surface area contributed by atoms with Gasteiger partial charge < -0.3 is 14.5 Å². The first-order valence-electron chi connectivity index (χ1n) is 9.91. The van der Waals surface area contributed by atoms with Gasteiger partial charge in [0, 0.05) is 32.5 Å². The van der Waals surface area contributed by atoms with Crippen molar-refractivity contribution >= 4 is 12.0 Å². The lowest BCUT2D eigenvalue weighted by Crippen LogP contribution is -2.50. The van der Waals surface area contributed by atoms with E-state index in [1.54, 1.807) is 0 Å². The van der Waals surface area contributed by atoms with Gasteiger partial charge in [-0.15, -0.1) is 0 Å². The van der Waals surface area contributed by atoms with E-state index in [-0.39, 0.29) is 17.9 Å². The number of carbonyl (C=O) groups is 2. The summed E-state index contributed by atoms with van der Waals surface area (Å²) in [7, 11) is 1.95. The Morgan fingerprint density at radius 1 is 1.26 bits per heavy atom. The molecule has 6 nitrogen and oxygen atoms in total. The molecule has 0 aromatic heterocycles. The first kappa shape index (κ1) is 19.7. The molecule has 1 atom stereocenters. The third kappa shape index (κ3) is 4.61. The van der Waals surface area contributed by atoms with Crippen LogP contribution in [0.3, 0.4) is 0 Å². The van der Waals surface area contributed by atoms with Crippen LogP contribution in [0.2, 0.25) is 0 Å². The van der Waals surface area contributed by atoms with Crippen molar-refractivity contribution in [2.24, 2.45) is 0 Å². The molecule has 2 aliphatic rings. The number of likely N-dealkylation sites (tertiary alicyclic amines) is 1. The summed E-state index contributed by atoms with van der Waals surface area (Å²) >= 11 is 0. The summed E-state index contributed by atoms with van der Waals surface area (Å²) in [6.45, 7) is 8.09. The van der Waals surface area contributed by atoms with Crippen LogP contribution in [0.1, 0.15) is 38.2 Å². The highest BCUT2D eigenvalue weighted by Gasteiger charge is 2.47. The topological polar surface area (TPSA) is 53.1 Å². The average Bonchev–Trinajstić information content (AvgIpc) is 2.97. The van der Waals surface area contributed by atoms with Crippen LogP contribution in [0, 0.1) is 0 Å². The van der Waals surface area contributed by atoms with Crippen LogP contribution >= 0.6 is 0 Å². The number of hydrogen-bond acceptors (Lipinski definition) is 4. The minimum Gasteiger partial charge on any atom is -0.441 e. The zero-order chi connectivity index (χ0) is 19.4. The number of benzene rings is 1. The molecular formula is C21H31N3O3. The third-order valence-electron chi connectivity index (χ3n) is 5.88. The summed E-state index contributed by atoms with van der Waals surface area (Å²) in [4.78, 5) is 30.5. The molecule has 1 unspecified atom stereocenters. The minimum absolute atomic E-state index is 0.160. The Morgan fingerprint density at radius 2 is 1.93 bits per heavy atom. The van der Waals surface area contributed by atoms with Crippen LogP contribution < -0.4 is 0 Å².